The molecule has 1 fully saturated rings. The minimum absolute atomic E-state index is 0.0662. The maximum absolute atomic E-state index is 11.1. The third-order valence-corrected chi connectivity index (χ3v) is 2.80. The van der Waals surface area contributed by atoms with Gasteiger partial charge in [-0.25, -0.2) is 4.98 Å². The van der Waals surface area contributed by atoms with Crippen LogP contribution in [0.5, 0.6) is 0 Å². The number of anilines is 2. The average Bonchev–Trinajstić information content (AvgIpc) is 2.67. The van der Waals surface area contributed by atoms with E-state index in [9.17, 15) is 10.1 Å². The molecule has 8 nitrogen and oxygen atoms in total. The van der Waals surface area contributed by atoms with Crippen LogP contribution in [0.2, 0.25) is 0 Å². The highest BCUT2D eigenvalue weighted by Crippen LogP contribution is 2.26. The lowest BCUT2D eigenvalue weighted by atomic mass is 10.3. The van der Waals surface area contributed by atoms with Gasteiger partial charge in [-0.05, 0) is 13.3 Å². The molecule has 1 aliphatic rings. The summed E-state index contributed by atoms with van der Waals surface area (Å²) >= 11 is 0. The molecule has 0 unspecified atom stereocenters. The Morgan fingerprint density at radius 2 is 2.37 bits per heavy atom. The number of hydrogen-bond donors (Lipinski definition) is 1. The third kappa shape index (κ3) is 3.28. The van der Waals surface area contributed by atoms with Crippen LogP contribution in [0.1, 0.15) is 13.3 Å². The van der Waals surface area contributed by atoms with Crippen LogP contribution < -0.4 is 10.2 Å². The zero-order valence-corrected chi connectivity index (χ0v) is 10.8. The summed E-state index contributed by atoms with van der Waals surface area (Å²) in [5.41, 5.74) is -0.0662. The molecule has 0 amide bonds. The Hall–Kier alpha value is -1.96. The van der Waals surface area contributed by atoms with E-state index >= 15 is 0 Å². The lowest BCUT2D eigenvalue weighted by Gasteiger charge is -2.20. The first kappa shape index (κ1) is 13.5. The summed E-state index contributed by atoms with van der Waals surface area (Å²) in [6.45, 7) is 5.12. The van der Waals surface area contributed by atoms with E-state index < -0.39 is 4.92 Å². The number of rotatable bonds is 4. The smallest absolute Gasteiger partial charge is 0.329 e. The molecule has 0 bridgehead atoms. The van der Waals surface area contributed by atoms with Crippen LogP contribution in [-0.2, 0) is 4.74 Å². The molecule has 1 aromatic heterocycles. The van der Waals surface area contributed by atoms with Gasteiger partial charge in [0, 0.05) is 26.2 Å². The molecule has 104 valence electrons. The second kappa shape index (κ2) is 6.28. The number of hydrogen-bond acceptors (Lipinski definition) is 7. The molecule has 0 saturated carbocycles. The number of nitrogens with one attached hydrogen (secondary N) is 1. The zero-order valence-electron chi connectivity index (χ0n) is 10.8. The fourth-order valence-electron chi connectivity index (χ4n) is 1.93. The van der Waals surface area contributed by atoms with Crippen molar-refractivity contribution in [3.05, 3.63) is 16.3 Å². The molecule has 0 spiro atoms. The van der Waals surface area contributed by atoms with Gasteiger partial charge in [0.1, 0.15) is 6.20 Å². The van der Waals surface area contributed by atoms with Gasteiger partial charge in [0.2, 0.25) is 11.8 Å². The first-order valence-corrected chi connectivity index (χ1v) is 6.30. The minimum Gasteiger partial charge on any atom is -0.380 e. The lowest BCUT2D eigenvalue weighted by molar-refractivity contribution is -0.384. The second-order valence-corrected chi connectivity index (χ2v) is 4.14. The van der Waals surface area contributed by atoms with Crippen molar-refractivity contribution in [3.8, 4) is 0 Å². The molecule has 2 heterocycles. The first-order valence-electron chi connectivity index (χ1n) is 6.30. The lowest BCUT2D eigenvalue weighted by Crippen LogP contribution is -2.28. The molecule has 8 heteroatoms. The largest absolute Gasteiger partial charge is 0.380 e. The van der Waals surface area contributed by atoms with Crippen LogP contribution in [0, 0.1) is 10.1 Å². The molecule has 2 rings (SSSR count). The van der Waals surface area contributed by atoms with E-state index in [1.54, 1.807) is 0 Å². The molecule has 0 atom stereocenters. The number of nitrogens with zero attached hydrogens (tertiary/aromatic N) is 4. The van der Waals surface area contributed by atoms with Gasteiger partial charge in [-0.2, -0.15) is 4.98 Å². The van der Waals surface area contributed by atoms with Gasteiger partial charge >= 0.3 is 5.69 Å². The van der Waals surface area contributed by atoms with E-state index in [4.69, 9.17) is 4.74 Å². The quantitative estimate of drug-likeness (QED) is 0.643. The van der Waals surface area contributed by atoms with Crippen molar-refractivity contribution in [3.63, 3.8) is 0 Å². The topological polar surface area (TPSA) is 93.4 Å². The maximum Gasteiger partial charge on any atom is 0.329 e. The van der Waals surface area contributed by atoms with E-state index in [-0.39, 0.29) is 5.69 Å². The van der Waals surface area contributed by atoms with Crippen molar-refractivity contribution >= 4 is 17.5 Å². The minimum atomic E-state index is -0.448. The second-order valence-electron chi connectivity index (χ2n) is 4.14. The molecule has 19 heavy (non-hydrogen) atoms. The predicted molar refractivity (Wildman–Crippen MR) is 70.5 cm³/mol. The Morgan fingerprint density at radius 1 is 1.53 bits per heavy atom. The van der Waals surface area contributed by atoms with Crippen molar-refractivity contribution in [2.45, 2.75) is 13.3 Å². The number of nitro groups is 1. The molecule has 0 radical (unpaired) electrons. The summed E-state index contributed by atoms with van der Waals surface area (Å²) in [6, 6.07) is 0. The summed E-state index contributed by atoms with van der Waals surface area (Å²) in [7, 11) is 0. The van der Waals surface area contributed by atoms with E-state index in [1.165, 1.54) is 6.20 Å². The molecule has 0 aromatic carbocycles. The normalized spacial score (nSPS) is 15.9. The van der Waals surface area contributed by atoms with E-state index in [0.717, 1.165) is 6.42 Å². The first-order chi connectivity index (χ1) is 9.22. The Kier molecular flexibility index (Phi) is 4.45. The summed E-state index contributed by atoms with van der Waals surface area (Å²) in [5, 5.41) is 14.0. The van der Waals surface area contributed by atoms with Gasteiger partial charge < -0.3 is 15.0 Å². The maximum atomic E-state index is 11.1. The third-order valence-electron chi connectivity index (χ3n) is 2.80. The number of ether oxygens (including phenoxy) is 1. The molecule has 1 aliphatic heterocycles. The van der Waals surface area contributed by atoms with Crippen molar-refractivity contribution < 1.29 is 9.66 Å². The summed E-state index contributed by atoms with van der Waals surface area (Å²) < 4.78 is 5.35. The molecular weight excluding hydrogens is 250 g/mol. The molecular formula is C11H17N5O3. The average molecular weight is 267 g/mol. The summed E-state index contributed by atoms with van der Waals surface area (Å²) in [6.07, 6.45) is 2.09. The van der Waals surface area contributed by atoms with Crippen LogP contribution in [0.3, 0.4) is 0 Å². The predicted octanol–water partition coefficient (Wildman–Crippen LogP) is 1.04. The molecule has 1 aromatic rings. The Balaban J connectivity index is 2.32. The van der Waals surface area contributed by atoms with Gasteiger partial charge in [0.15, 0.2) is 0 Å². The highest BCUT2D eigenvalue weighted by molar-refractivity contribution is 5.59. The Morgan fingerprint density at radius 3 is 3.11 bits per heavy atom. The van der Waals surface area contributed by atoms with Crippen molar-refractivity contribution in [2.75, 3.05) is 43.1 Å². The highest BCUT2D eigenvalue weighted by Gasteiger charge is 2.23. The summed E-state index contributed by atoms with van der Waals surface area (Å²) in [4.78, 5) is 20.7. The van der Waals surface area contributed by atoms with Crippen molar-refractivity contribution in [1.29, 1.82) is 0 Å². The molecule has 1 saturated heterocycles. The monoisotopic (exact) mass is 267 g/mol. The van der Waals surface area contributed by atoms with Crippen molar-refractivity contribution in [2.24, 2.45) is 0 Å². The van der Waals surface area contributed by atoms with Gasteiger partial charge in [-0.15, -0.1) is 0 Å². The SMILES string of the molecule is CCNc1ncc([N+](=O)[O-])c(N2CCCOCC2)n1. The van der Waals surface area contributed by atoms with Crippen LogP contribution in [0.4, 0.5) is 17.5 Å². The van der Waals surface area contributed by atoms with Crippen molar-refractivity contribution in [1.82, 2.24) is 9.97 Å². The zero-order chi connectivity index (χ0) is 13.7. The van der Waals surface area contributed by atoms with Crippen LogP contribution in [0.25, 0.3) is 0 Å². The Labute approximate surface area is 110 Å². The Bertz CT molecular complexity index is 446. The fraction of sp³-hybridized carbons (Fsp3) is 0.636. The number of aromatic nitrogens is 2. The van der Waals surface area contributed by atoms with Gasteiger partial charge in [0.25, 0.3) is 0 Å². The van der Waals surface area contributed by atoms with Crippen LogP contribution in [0.15, 0.2) is 6.20 Å². The van der Waals surface area contributed by atoms with Crippen LogP contribution >= 0.6 is 0 Å². The molecule has 1 N–H and O–H groups in total. The summed E-state index contributed by atoms with van der Waals surface area (Å²) in [5.74, 6) is 0.773. The van der Waals surface area contributed by atoms with Crippen LogP contribution in [-0.4, -0.2) is 47.7 Å². The fourth-order valence-corrected chi connectivity index (χ4v) is 1.93. The van der Waals surface area contributed by atoms with Gasteiger partial charge in [-0.3, -0.25) is 10.1 Å². The van der Waals surface area contributed by atoms with E-state index in [0.29, 0.717) is 44.6 Å². The van der Waals surface area contributed by atoms with Gasteiger partial charge in [0.05, 0.1) is 11.5 Å². The van der Waals surface area contributed by atoms with E-state index in [1.807, 2.05) is 11.8 Å². The molecule has 0 aliphatic carbocycles. The standard InChI is InChI=1S/C11H17N5O3/c1-2-12-11-13-8-9(16(17)18)10(14-11)15-4-3-6-19-7-5-15/h8H,2-7H2,1H3,(H,12,13,14). The van der Waals surface area contributed by atoms with Gasteiger partial charge in [-0.1, -0.05) is 0 Å². The van der Waals surface area contributed by atoms with E-state index in [2.05, 4.69) is 15.3 Å². The highest BCUT2D eigenvalue weighted by atomic mass is 16.6.